The van der Waals surface area contributed by atoms with Crippen LogP contribution in [0.15, 0.2) is 65.6 Å². The Labute approximate surface area is 189 Å². The number of nitro groups is 1. The summed E-state index contributed by atoms with van der Waals surface area (Å²) in [7, 11) is 1.59. The van der Waals surface area contributed by atoms with Crippen LogP contribution < -0.4 is 25.0 Å². The number of non-ortho nitro benzene ring substituents is 1. The minimum Gasteiger partial charge on any atom is -0.497 e. The van der Waals surface area contributed by atoms with E-state index in [1.54, 1.807) is 49.1 Å². The molecule has 0 spiro atoms. The number of amides is 1. The fourth-order valence-electron chi connectivity index (χ4n) is 3.04. The van der Waals surface area contributed by atoms with Gasteiger partial charge in [0.25, 0.3) is 11.6 Å². The highest BCUT2D eigenvalue weighted by Crippen LogP contribution is 2.18. The summed E-state index contributed by atoms with van der Waals surface area (Å²) in [5.74, 6) is 0.919. The van der Waals surface area contributed by atoms with Crippen molar-refractivity contribution in [3.05, 3.63) is 86.8 Å². The smallest absolute Gasteiger partial charge is 0.271 e. The highest BCUT2D eigenvalue weighted by atomic mass is 16.6. The molecule has 33 heavy (non-hydrogen) atoms. The molecule has 10 nitrogen and oxygen atoms in total. The summed E-state index contributed by atoms with van der Waals surface area (Å²) < 4.78 is 18.1. The van der Waals surface area contributed by atoms with Gasteiger partial charge in [0.15, 0.2) is 12.4 Å². The third-order valence-corrected chi connectivity index (χ3v) is 4.74. The molecule has 0 unspecified atom stereocenters. The Morgan fingerprint density at radius 1 is 1.09 bits per heavy atom. The Morgan fingerprint density at radius 2 is 1.82 bits per heavy atom. The van der Waals surface area contributed by atoms with Gasteiger partial charge in [0, 0.05) is 30.1 Å². The molecule has 0 aliphatic heterocycles. The van der Waals surface area contributed by atoms with Crippen molar-refractivity contribution >= 4 is 17.3 Å². The largest absolute Gasteiger partial charge is 0.497 e. The number of carbonyl (C=O) groups is 1. The second-order valence-corrected chi connectivity index (χ2v) is 6.96. The summed E-state index contributed by atoms with van der Waals surface area (Å²) in [6, 6.07) is 14.1. The molecule has 3 rings (SSSR count). The van der Waals surface area contributed by atoms with Crippen molar-refractivity contribution < 1.29 is 23.9 Å². The van der Waals surface area contributed by atoms with E-state index in [-0.39, 0.29) is 22.6 Å². The average Bonchev–Trinajstić information content (AvgIpc) is 2.81. The molecule has 0 bridgehead atoms. The maximum Gasteiger partial charge on any atom is 0.271 e. The molecule has 0 atom stereocenters. The van der Waals surface area contributed by atoms with Crippen LogP contribution in [0.25, 0.3) is 0 Å². The number of hydrogen-bond donors (Lipinski definition) is 1. The number of carbonyl (C=O) groups excluding carboxylic acids is 1. The van der Waals surface area contributed by atoms with E-state index in [4.69, 9.17) is 14.2 Å². The SMILES string of the molecule is COc1ccc(OCCn2ccc(=O)c(OCC(=O)Nc3cccc([N+](=O)[O-])c3)c2C)cc1. The minimum absolute atomic E-state index is 0.0520. The normalized spacial score (nSPS) is 10.4. The molecule has 0 saturated heterocycles. The molecule has 0 saturated carbocycles. The molecule has 0 aliphatic carbocycles. The van der Waals surface area contributed by atoms with E-state index in [9.17, 15) is 19.7 Å². The Balaban J connectivity index is 1.58. The van der Waals surface area contributed by atoms with Gasteiger partial charge in [0.05, 0.1) is 24.3 Å². The van der Waals surface area contributed by atoms with Crippen LogP contribution in [0, 0.1) is 17.0 Å². The topological polar surface area (TPSA) is 122 Å². The molecular formula is C23H23N3O7. The van der Waals surface area contributed by atoms with E-state index in [2.05, 4.69) is 5.32 Å². The number of methoxy groups -OCH3 is 1. The number of nitro benzene ring substituents is 1. The molecule has 10 heteroatoms. The van der Waals surface area contributed by atoms with Crippen molar-refractivity contribution in [3.63, 3.8) is 0 Å². The number of aromatic nitrogens is 1. The maximum absolute atomic E-state index is 12.3. The second-order valence-electron chi connectivity index (χ2n) is 6.96. The van der Waals surface area contributed by atoms with Crippen molar-refractivity contribution in [2.45, 2.75) is 13.5 Å². The van der Waals surface area contributed by atoms with Gasteiger partial charge in [0.2, 0.25) is 5.43 Å². The van der Waals surface area contributed by atoms with Crippen molar-refractivity contribution in [2.24, 2.45) is 0 Å². The number of ether oxygens (including phenoxy) is 3. The van der Waals surface area contributed by atoms with Crippen LogP contribution in [0.5, 0.6) is 17.2 Å². The number of hydrogen-bond acceptors (Lipinski definition) is 7. The molecule has 0 fully saturated rings. The zero-order valence-corrected chi connectivity index (χ0v) is 18.1. The van der Waals surface area contributed by atoms with Crippen LogP contribution in [0.3, 0.4) is 0 Å². The van der Waals surface area contributed by atoms with Gasteiger partial charge in [-0.2, -0.15) is 0 Å². The predicted molar refractivity (Wildman–Crippen MR) is 121 cm³/mol. The Kier molecular flexibility index (Phi) is 7.64. The van der Waals surface area contributed by atoms with Crippen LogP contribution in [-0.4, -0.2) is 35.7 Å². The van der Waals surface area contributed by atoms with E-state index in [1.807, 2.05) is 0 Å². The second kappa shape index (κ2) is 10.8. The minimum atomic E-state index is -0.555. The highest BCUT2D eigenvalue weighted by Gasteiger charge is 2.13. The lowest BCUT2D eigenvalue weighted by atomic mass is 10.3. The fourth-order valence-corrected chi connectivity index (χ4v) is 3.04. The van der Waals surface area contributed by atoms with Crippen LogP contribution >= 0.6 is 0 Å². The first-order valence-corrected chi connectivity index (χ1v) is 10.0. The molecule has 1 amide bonds. The molecule has 1 N–H and O–H groups in total. The van der Waals surface area contributed by atoms with Crippen molar-refractivity contribution in [2.75, 3.05) is 25.6 Å². The molecule has 3 aromatic rings. The Bertz CT molecular complexity index is 1190. The molecular weight excluding hydrogens is 430 g/mol. The molecule has 0 aliphatic rings. The lowest BCUT2D eigenvalue weighted by Gasteiger charge is -2.15. The van der Waals surface area contributed by atoms with Crippen LogP contribution in [0.4, 0.5) is 11.4 Å². The molecule has 1 aromatic heterocycles. The summed E-state index contributed by atoms with van der Waals surface area (Å²) in [6.45, 7) is 2.09. The standard InChI is InChI=1S/C23H23N3O7/c1-16-23(33-15-22(28)24-17-4-3-5-18(14-17)26(29)30)21(27)10-11-25(16)12-13-32-20-8-6-19(31-2)7-9-20/h3-11,14H,12-13,15H2,1-2H3,(H,24,28). The number of nitrogens with one attached hydrogen (secondary N) is 1. The van der Waals surface area contributed by atoms with Crippen molar-refractivity contribution in [3.8, 4) is 17.2 Å². The summed E-state index contributed by atoms with van der Waals surface area (Å²) >= 11 is 0. The van der Waals surface area contributed by atoms with Gasteiger partial charge in [-0.1, -0.05) is 6.07 Å². The number of pyridine rings is 1. The first-order valence-electron chi connectivity index (χ1n) is 10.0. The average molecular weight is 453 g/mol. The molecule has 172 valence electrons. The molecule has 1 heterocycles. The number of nitrogens with zero attached hydrogens (tertiary/aromatic N) is 2. The summed E-state index contributed by atoms with van der Waals surface area (Å²) in [5, 5.41) is 13.4. The number of rotatable bonds is 10. The monoisotopic (exact) mass is 453 g/mol. The van der Waals surface area contributed by atoms with Crippen LogP contribution in [0.1, 0.15) is 5.69 Å². The van der Waals surface area contributed by atoms with Crippen molar-refractivity contribution in [1.29, 1.82) is 0 Å². The van der Waals surface area contributed by atoms with E-state index in [1.165, 1.54) is 30.3 Å². The third kappa shape index (κ3) is 6.33. The summed E-state index contributed by atoms with van der Waals surface area (Å²) in [6.07, 6.45) is 1.63. The van der Waals surface area contributed by atoms with Crippen LogP contribution in [-0.2, 0) is 11.3 Å². The zero-order valence-electron chi connectivity index (χ0n) is 18.1. The van der Waals surface area contributed by atoms with E-state index < -0.39 is 17.4 Å². The van der Waals surface area contributed by atoms with Gasteiger partial charge in [0.1, 0.15) is 18.1 Å². The van der Waals surface area contributed by atoms with Gasteiger partial charge >= 0.3 is 0 Å². The summed E-state index contributed by atoms with van der Waals surface area (Å²) in [5.41, 5.74) is 0.301. The lowest BCUT2D eigenvalue weighted by Crippen LogP contribution is -2.24. The first-order chi connectivity index (χ1) is 15.9. The van der Waals surface area contributed by atoms with E-state index in [0.29, 0.717) is 24.6 Å². The quantitative estimate of drug-likeness (QED) is 0.370. The number of benzene rings is 2. The summed E-state index contributed by atoms with van der Waals surface area (Å²) in [4.78, 5) is 34.8. The van der Waals surface area contributed by atoms with Gasteiger partial charge in [-0.05, 0) is 37.3 Å². The van der Waals surface area contributed by atoms with E-state index >= 15 is 0 Å². The number of anilines is 1. The van der Waals surface area contributed by atoms with Crippen LogP contribution in [0.2, 0.25) is 0 Å². The Morgan fingerprint density at radius 3 is 2.52 bits per heavy atom. The van der Waals surface area contributed by atoms with Gasteiger partial charge in [-0.15, -0.1) is 0 Å². The van der Waals surface area contributed by atoms with Crippen molar-refractivity contribution in [1.82, 2.24) is 4.57 Å². The van der Waals surface area contributed by atoms with E-state index in [0.717, 1.165) is 5.75 Å². The predicted octanol–water partition coefficient (Wildman–Crippen LogP) is 3.17. The zero-order chi connectivity index (χ0) is 23.8. The molecule has 0 radical (unpaired) electrons. The van der Waals surface area contributed by atoms with Gasteiger partial charge in [-0.3, -0.25) is 19.7 Å². The fraction of sp³-hybridized carbons (Fsp3) is 0.217. The van der Waals surface area contributed by atoms with Gasteiger partial charge < -0.3 is 24.1 Å². The van der Waals surface area contributed by atoms with Gasteiger partial charge in [-0.25, -0.2) is 0 Å². The lowest BCUT2D eigenvalue weighted by molar-refractivity contribution is -0.384. The maximum atomic E-state index is 12.3. The molecule has 2 aromatic carbocycles. The highest BCUT2D eigenvalue weighted by molar-refractivity contribution is 5.92. The third-order valence-electron chi connectivity index (χ3n) is 4.74. The Hall–Kier alpha value is -4.34. The first kappa shape index (κ1) is 23.3.